The van der Waals surface area contributed by atoms with Crippen LogP contribution in [-0.2, 0) is 9.47 Å². The molecule has 0 amide bonds. The van der Waals surface area contributed by atoms with Crippen LogP contribution in [0, 0.1) is 0 Å². The minimum Gasteiger partial charge on any atom is -0.476 e. The van der Waals surface area contributed by atoms with Crippen LogP contribution in [0.2, 0.25) is 0 Å². The predicted molar refractivity (Wildman–Crippen MR) is 62.3 cm³/mol. The van der Waals surface area contributed by atoms with Crippen molar-refractivity contribution in [2.45, 2.75) is 6.29 Å². The van der Waals surface area contributed by atoms with Gasteiger partial charge in [-0.2, -0.15) is 0 Å². The number of nitrogens with zero attached hydrogens (tertiary/aromatic N) is 2. The number of ether oxygens (including phenoxy) is 2. The second kappa shape index (κ2) is 4.18. The van der Waals surface area contributed by atoms with Gasteiger partial charge in [0.15, 0.2) is 0 Å². The zero-order valence-electron chi connectivity index (χ0n) is 9.17. The van der Waals surface area contributed by atoms with Crippen LogP contribution in [0.25, 0.3) is 0 Å². The Kier molecular flexibility index (Phi) is 2.53. The van der Waals surface area contributed by atoms with E-state index < -0.39 is 6.29 Å². The van der Waals surface area contributed by atoms with Gasteiger partial charge in [0.25, 0.3) is 0 Å². The van der Waals surface area contributed by atoms with E-state index in [9.17, 15) is 5.11 Å². The summed E-state index contributed by atoms with van der Waals surface area (Å²) in [5.41, 5.74) is 1.74. The normalized spacial score (nSPS) is 22.8. The molecule has 0 radical (unpaired) electrons. The number of hydrogen-bond donors (Lipinski definition) is 1. The second-order valence-corrected chi connectivity index (χ2v) is 3.83. The zero-order chi connectivity index (χ0) is 11.7. The average molecular weight is 232 g/mol. The van der Waals surface area contributed by atoms with Gasteiger partial charge < -0.3 is 14.6 Å². The van der Waals surface area contributed by atoms with Crippen molar-refractivity contribution in [3.63, 3.8) is 0 Å². The molecule has 3 rings (SSSR count). The summed E-state index contributed by atoms with van der Waals surface area (Å²) in [4.78, 5) is 8.37. The molecule has 0 aromatic heterocycles. The van der Waals surface area contributed by atoms with Gasteiger partial charge in [0, 0.05) is 11.1 Å². The van der Waals surface area contributed by atoms with E-state index in [0.29, 0.717) is 24.9 Å². The summed E-state index contributed by atoms with van der Waals surface area (Å²) < 4.78 is 10.6. The summed E-state index contributed by atoms with van der Waals surface area (Å²) in [5.74, 6) is 1.13. The molecule has 1 aromatic rings. The molecule has 0 saturated carbocycles. The first-order chi connectivity index (χ1) is 8.33. The Morgan fingerprint density at radius 3 is 2.65 bits per heavy atom. The van der Waals surface area contributed by atoms with Gasteiger partial charge in [0.1, 0.15) is 13.2 Å². The van der Waals surface area contributed by atoms with Crippen LogP contribution in [-0.4, -0.2) is 42.9 Å². The molecule has 5 heteroatoms. The topological polar surface area (TPSA) is 63.4 Å². The summed E-state index contributed by atoms with van der Waals surface area (Å²) in [6, 6.07) is 7.61. The second-order valence-electron chi connectivity index (χ2n) is 3.83. The first-order valence-electron chi connectivity index (χ1n) is 5.50. The van der Waals surface area contributed by atoms with Crippen molar-refractivity contribution in [1.82, 2.24) is 0 Å². The van der Waals surface area contributed by atoms with Gasteiger partial charge in [-0.25, -0.2) is 9.98 Å². The monoisotopic (exact) mass is 232 g/mol. The van der Waals surface area contributed by atoms with Gasteiger partial charge in [-0.05, 0) is 18.2 Å². The lowest BCUT2D eigenvalue weighted by Gasteiger charge is -2.06. The molecule has 0 spiro atoms. The first kappa shape index (κ1) is 10.3. The van der Waals surface area contributed by atoms with Crippen molar-refractivity contribution in [1.29, 1.82) is 0 Å². The molecule has 17 heavy (non-hydrogen) atoms. The van der Waals surface area contributed by atoms with Crippen molar-refractivity contribution >= 4 is 11.8 Å². The summed E-state index contributed by atoms with van der Waals surface area (Å²) in [5, 5.41) is 9.26. The number of rotatable bonds is 2. The smallest absolute Gasteiger partial charge is 0.219 e. The van der Waals surface area contributed by atoms with Gasteiger partial charge in [0.05, 0.1) is 6.54 Å². The summed E-state index contributed by atoms with van der Waals surface area (Å²) in [7, 11) is 0. The quantitative estimate of drug-likeness (QED) is 0.810. The number of benzene rings is 1. The Bertz CT molecular complexity index is 496. The van der Waals surface area contributed by atoms with Gasteiger partial charge in [0.2, 0.25) is 18.1 Å². The van der Waals surface area contributed by atoms with Crippen molar-refractivity contribution < 1.29 is 14.6 Å². The molecule has 0 bridgehead atoms. The molecule has 5 nitrogen and oxygen atoms in total. The molecule has 0 fully saturated rings. The third-order valence-electron chi connectivity index (χ3n) is 2.58. The van der Waals surface area contributed by atoms with Crippen LogP contribution in [0.15, 0.2) is 34.3 Å². The molecule has 1 N–H and O–H groups in total. The predicted octanol–water partition coefficient (Wildman–Crippen LogP) is 0.559. The van der Waals surface area contributed by atoms with E-state index in [0.717, 1.165) is 11.1 Å². The molecule has 0 saturated heterocycles. The SMILES string of the molecule is OC1CN=C(c2cccc(C3=NCCO3)c2)O1. The van der Waals surface area contributed by atoms with Crippen LogP contribution >= 0.6 is 0 Å². The van der Waals surface area contributed by atoms with Gasteiger partial charge in [-0.3, -0.25) is 0 Å². The van der Waals surface area contributed by atoms with E-state index in [4.69, 9.17) is 9.47 Å². The first-order valence-corrected chi connectivity index (χ1v) is 5.50. The minimum absolute atomic E-state index is 0.289. The molecule has 88 valence electrons. The molecule has 1 aromatic carbocycles. The lowest BCUT2D eigenvalue weighted by Crippen LogP contribution is -2.12. The lowest BCUT2D eigenvalue weighted by molar-refractivity contribution is -0.00205. The molecular weight excluding hydrogens is 220 g/mol. The Hall–Kier alpha value is -1.88. The van der Waals surface area contributed by atoms with Crippen LogP contribution in [0.3, 0.4) is 0 Å². The fourth-order valence-corrected chi connectivity index (χ4v) is 1.82. The van der Waals surface area contributed by atoms with E-state index >= 15 is 0 Å². The molecule has 1 unspecified atom stereocenters. The highest BCUT2D eigenvalue weighted by Crippen LogP contribution is 2.15. The lowest BCUT2D eigenvalue weighted by atomic mass is 10.1. The molecular formula is C12H12N2O3. The Morgan fingerprint density at radius 2 is 2.00 bits per heavy atom. The Morgan fingerprint density at radius 1 is 1.18 bits per heavy atom. The van der Waals surface area contributed by atoms with Crippen LogP contribution in [0.1, 0.15) is 11.1 Å². The number of aliphatic hydroxyl groups excluding tert-OH is 1. The van der Waals surface area contributed by atoms with E-state index in [2.05, 4.69) is 9.98 Å². The maximum Gasteiger partial charge on any atom is 0.219 e. The standard InChI is InChI=1S/C12H12N2O3/c15-10-7-14-12(17-10)9-3-1-2-8(6-9)11-13-4-5-16-11/h1-3,6,10,15H,4-5,7H2. The van der Waals surface area contributed by atoms with Gasteiger partial charge >= 0.3 is 0 Å². The largest absolute Gasteiger partial charge is 0.476 e. The fourth-order valence-electron chi connectivity index (χ4n) is 1.82. The molecule has 2 aliphatic rings. The van der Waals surface area contributed by atoms with Crippen molar-refractivity contribution in [3.05, 3.63) is 35.4 Å². The highest BCUT2D eigenvalue weighted by atomic mass is 16.6. The number of hydrogen-bond acceptors (Lipinski definition) is 5. The van der Waals surface area contributed by atoms with Gasteiger partial charge in [-0.1, -0.05) is 6.07 Å². The maximum atomic E-state index is 9.26. The van der Waals surface area contributed by atoms with E-state index in [1.165, 1.54) is 0 Å². The van der Waals surface area contributed by atoms with Gasteiger partial charge in [-0.15, -0.1) is 0 Å². The van der Waals surface area contributed by atoms with Crippen molar-refractivity contribution in [3.8, 4) is 0 Å². The Labute approximate surface area is 98.4 Å². The van der Waals surface area contributed by atoms with E-state index in [-0.39, 0.29) is 6.54 Å². The highest BCUT2D eigenvalue weighted by Gasteiger charge is 2.19. The zero-order valence-corrected chi connectivity index (χ0v) is 9.17. The summed E-state index contributed by atoms with van der Waals surface area (Å²) >= 11 is 0. The summed E-state index contributed by atoms with van der Waals surface area (Å²) in [6.07, 6.45) is -0.825. The molecule has 2 heterocycles. The number of aliphatic hydroxyl groups is 1. The van der Waals surface area contributed by atoms with E-state index in [1.54, 1.807) is 0 Å². The third-order valence-corrected chi connectivity index (χ3v) is 2.58. The molecule has 2 aliphatic heterocycles. The summed E-state index contributed by atoms with van der Waals surface area (Å²) in [6.45, 7) is 1.63. The fraction of sp³-hybridized carbons (Fsp3) is 0.333. The van der Waals surface area contributed by atoms with Crippen LogP contribution in [0.4, 0.5) is 0 Å². The molecule has 0 aliphatic carbocycles. The third kappa shape index (κ3) is 2.01. The minimum atomic E-state index is -0.825. The maximum absolute atomic E-state index is 9.26. The van der Waals surface area contributed by atoms with Crippen LogP contribution < -0.4 is 0 Å². The van der Waals surface area contributed by atoms with E-state index in [1.807, 2.05) is 24.3 Å². The average Bonchev–Trinajstić information content (AvgIpc) is 3.00. The van der Waals surface area contributed by atoms with Crippen molar-refractivity contribution in [2.24, 2.45) is 9.98 Å². The molecule has 1 atom stereocenters. The highest BCUT2D eigenvalue weighted by molar-refractivity contribution is 6.00. The Balaban J connectivity index is 1.89. The van der Waals surface area contributed by atoms with Crippen LogP contribution in [0.5, 0.6) is 0 Å². The number of aliphatic imine (C=N–C) groups is 2. The van der Waals surface area contributed by atoms with Crippen molar-refractivity contribution in [2.75, 3.05) is 19.7 Å².